The predicted octanol–water partition coefficient (Wildman–Crippen LogP) is 4.18. The maximum absolute atomic E-state index is 12.7. The fourth-order valence-corrected chi connectivity index (χ4v) is 5.41. The largest absolute Gasteiger partial charge is 0.322 e. The van der Waals surface area contributed by atoms with Crippen LogP contribution in [0.4, 0.5) is 5.69 Å². The number of nitrogens with one attached hydrogen (secondary N) is 2. The quantitative estimate of drug-likeness (QED) is 0.755. The molecule has 1 amide bonds. The zero-order valence-electron chi connectivity index (χ0n) is 14.4. The minimum atomic E-state index is -3.80. The second-order valence-corrected chi connectivity index (χ2v) is 9.45. The highest BCUT2D eigenvalue weighted by Gasteiger charge is 2.30. The van der Waals surface area contributed by atoms with Crippen molar-refractivity contribution in [3.8, 4) is 0 Å². The lowest BCUT2D eigenvalue weighted by Gasteiger charge is -2.12. The van der Waals surface area contributed by atoms with Crippen molar-refractivity contribution in [1.82, 2.24) is 4.72 Å². The number of carbonyl (C=O) groups is 1. The lowest BCUT2D eigenvalue weighted by Crippen LogP contribution is -2.26. The summed E-state index contributed by atoms with van der Waals surface area (Å²) >= 11 is 12.2. The van der Waals surface area contributed by atoms with E-state index in [1.807, 2.05) is 18.2 Å². The van der Waals surface area contributed by atoms with Gasteiger partial charge in [-0.3, -0.25) is 4.79 Å². The molecule has 4 rings (SSSR count). The Balaban J connectivity index is 1.62. The second-order valence-electron chi connectivity index (χ2n) is 6.95. The molecule has 1 fully saturated rings. The number of anilines is 1. The van der Waals surface area contributed by atoms with Crippen molar-refractivity contribution >= 4 is 44.8 Å². The summed E-state index contributed by atoms with van der Waals surface area (Å²) in [6.45, 7) is 0. The highest BCUT2D eigenvalue weighted by molar-refractivity contribution is 7.89. The number of rotatable bonds is 5. The van der Waals surface area contributed by atoms with Gasteiger partial charge in [-0.2, -0.15) is 0 Å². The second kappa shape index (κ2) is 7.09. The van der Waals surface area contributed by atoms with Gasteiger partial charge in [0.05, 0.1) is 15.6 Å². The molecule has 0 saturated heterocycles. The van der Waals surface area contributed by atoms with Crippen molar-refractivity contribution in [2.45, 2.75) is 43.0 Å². The number of halogens is 2. The van der Waals surface area contributed by atoms with E-state index in [4.69, 9.17) is 23.2 Å². The summed E-state index contributed by atoms with van der Waals surface area (Å²) in [6.07, 6.45) is 4.77. The van der Waals surface area contributed by atoms with Crippen LogP contribution in [-0.2, 0) is 22.9 Å². The number of fused-ring (bicyclic) bond motifs is 1. The molecule has 0 spiro atoms. The fraction of sp³-hybridized carbons (Fsp3) is 0.316. The molecule has 0 atom stereocenters. The Kier molecular flexibility index (Phi) is 4.93. The molecule has 2 aromatic carbocycles. The molecule has 2 aromatic rings. The number of aryl methyl sites for hydroxylation is 2. The van der Waals surface area contributed by atoms with E-state index >= 15 is 0 Å². The van der Waals surface area contributed by atoms with Gasteiger partial charge in [-0.25, -0.2) is 13.1 Å². The van der Waals surface area contributed by atoms with Crippen LogP contribution >= 0.6 is 23.2 Å². The van der Waals surface area contributed by atoms with Gasteiger partial charge in [0.15, 0.2) is 0 Å². The first-order valence-corrected chi connectivity index (χ1v) is 11.0. The molecule has 0 unspecified atom stereocenters. The third kappa shape index (κ3) is 3.99. The van der Waals surface area contributed by atoms with Gasteiger partial charge in [0.25, 0.3) is 5.91 Å². The average Bonchev–Trinajstić information content (AvgIpc) is 3.27. The molecule has 0 bridgehead atoms. The fourth-order valence-electron chi connectivity index (χ4n) is 3.24. The lowest BCUT2D eigenvalue weighted by molar-refractivity contribution is 0.102. The molecule has 2 N–H and O–H groups in total. The highest BCUT2D eigenvalue weighted by Crippen LogP contribution is 2.31. The summed E-state index contributed by atoms with van der Waals surface area (Å²) in [4.78, 5) is 12.6. The first kappa shape index (κ1) is 18.7. The SMILES string of the molecule is O=C(Nc1ccc2c(c1)CCC2)c1cc(S(=O)(=O)NC2CC2)c(Cl)cc1Cl. The lowest BCUT2D eigenvalue weighted by atomic mass is 10.1. The minimum Gasteiger partial charge on any atom is -0.322 e. The number of amides is 1. The van der Waals surface area contributed by atoms with Crippen LogP contribution in [0, 0.1) is 0 Å². The standard InChI is InChI=1S/C19H18Cl2N2O3S/c20-16-10-17(21)18(27(25,26)23-13-6-7-13)9-15(16)19(24)22-14-5-4-11-2-1-3-12(11)8-14/h4-5,8-10,13,23H,1-3,6-7H2,(H,22,24). The van der Waals surface area contributed by atoms with Crippen LogP contribution in [0.25, 0.3) is 0 Å². The van der Waals surface area contributed by atoms with Crippen molar-refractivity contribution in [2.75, 3.05) is 5.32 Å². The summed E-state index contributed by atoms with van der Waals surface area (Å²) in [5.41, 5.74) is 3.26. The van der Waals surface area contributed by atoms with Gasteiger partial charge in [-0.1, -0.05) is 29.3 Å². The molecular formula is C19H18Cl2N2O3S. The molecule has 0 heterocycles. The van der Waals surface area contributed by atoms with Gasteiger partial charge >= 0.3 is 0 Å². The van der Waals surface area contributed by atoms with Crippen LogP contribution < -0.4 is 10.0 Å². The molecule has 0 radical (unpaired) electrons. The number of hydrogen-bond acceptors (Lipinski definition) is 3. The molecule has 8 heteroatoms. The van der Waals surface area contributed by atoms with Gasteiger partial charge < -0.3 is 5.32 Å². The maximum atomic E-state index is 12.7. The Morgan fingerprint density at radius 3 is 2.48 bits per heavy atom. The third-order valence-corrected chi connectivity index (χ3v) is 7.11. The van der Waals surface area contributed by atoms with Crippen LogP contribution in [0.2, 0.25) is 10.0 Å². The molecular weight excluding hydrogens is 407 g/mol. The summed E-state index contributed by atoms with van der Waals surface area (Å²) < 4.78 is 27.6. The Bertz CT molecular complexity index is 1030. The number of hydrogen-bond donors (Lipinski definition) is 2. The normalized spacial score (nSPS) is 16.2. The average molecular weight is 425 g/mol. The van der Waals surface area contributed by atoms with Crippen molar-refractivity contribution in [2.24, 2.45) is 0 Å². The van der Waals surface area contributed by atoms with Crippen LogP contribution in [0.3, 0.4) is 0 Å². The van der Waals surface area contributed by atoms with Crippen molar-refractivity contribution < 1.29 is 13.2 Å². The Morgan fingerprint density at radius 2 is 1.74 bits per heavy atom. The van der Waals surface area contributed by atoms with Crippen LogP contribution in [0.5, 0.6) is 0 Å². The first-order chi connectivity index (χ1) is 12.8. The van der Waals surface area contributed by atoms with E-state index < -0.39 is 15.9 Å². The molecule has 2 aliphatic carbocycles. The number of carbonyl (C=O) groups excluding carboxylic acids is 1. The maximum Gasteiger partial charge on any atom is 0.257 e. The van der Waals surface area contributed by atoms with Gasteiger partial charge in [-0.05, 0) is 67.5 Å². The van der Waals surface area contributed by atoms with Gasteiger partial charge in [0, 0.05) is 11.7 Å². The first-order valence-electron chi connectivity index (χ1n) is 8.78. The van der Waals surface area contributed by atoms with Crippen molar-refractivity contribution in [3.05, 3.63) is 57.1 Å². The van der Waals surface area contributed by atoms with E-state index in [1.54, 1.807) is 0 Å². The third-order valence-electron chi connectivity index (χ3n) is 4.81. The smallest absolute Gasteiger partial charge is 0.257 e. The molecule has 2 aliphatic rings. The van der Waals surface area contributed by atoms with E-state index in [-0.39, 0.29) is 26.5 Å². The monoisotopic (exact) mass is 424 g/mol. The molecule has 0 aromatic heterocycles. The van der Waals surface area contributed by atoms with Gasteiger partial charge in [0.2, 0.25) is 10.0 Å². The van der Waals surface area contributed by atoms with E-state index in [9.17, 15) is 13.2 Å². The summed E-state index contributed by atoms with van der Waals surface area (Å²) in [5, 5.41) is 2.89. The van der Waals surface area contributed by atoms with E-state index in [2.05, 4.69) is 10.0 Å². The molecule has 5 nitrogen and oxygen atoms in total. The van der Waals surface area contributed by atoms with Gasteiger partial charge in [0.1, 0.15) is 4.90 Å². The van der Waals surface area contributed by atoms with Gasteiger partial charge in [-0.15, -0.1) is 0 Å². The van der Waals surface area contributed by atoms with Crippen LogP contribution in [0.15, 0.2) is 35.2 Å². The van der Waals surface area contributed by atoms with E-state index in [1.165, 1.54) is 23.3 Å². The molecule has 142 valence electrons. The van der Waals surface area contributed by atoms with E-state index in [0.717, 1.165) is 32.1 Å². The predicted molar refractivity (Wildman–Crippen MR) is 106 cm³/mol. The van der Waals surface area contributed by atoms with E-state index in [0.29, 0.717) is 5.69 Å². The molecule has 1 saturated carbocycles. The summed E-state index contributed by atoms with van der Waals surface area (Å²) in [5.74, 6) is -0.475. The number of benzene rings is 2. The van der Waals surface area contributed by atoms with Crippen LogP contribution in [0.1, 0.15) is 40.7 Å². The minimum absolute atomic E-state index is 0.0118. The zero-order chi connectivity index (χ0) is 19.2. The zero-order valence-corrected chi connectivity index (χ0v) is 16.7. The Morgan fingerprint density at radius 1 is 1.00 bits per heavy atom. The highest BCUT2D eigenvalue weighted by atomic mass is 35.5. The Labute approximate surface area is 168 Å². The molecule has 0 aliphatic heterocycles. The molecule has 27 heavy (non-hydrogen) atoms. The summed E-state index contributed by atoms with van der Waals surface area (Å²) in [7, 11) is -3.80. The number of sulfonamides is 1. The summed E-state index contributed by atoms with van der Waals surface area (Å²) in [6, 6.07) is 8.27. The van der Waals surface area contributed by atoms with Crippen molar-refractivity contribution in [3.63, 3.8) is 0 Å². The Hall–Kier alpha value is -1.60. The van der Waals surface area contributed by atoms with Crippen LogP contribution in [-0.4, -0.2) is 20.4 Å². The van der Waals surface area contributed by atoms with Crippen molar-refractivity contribution in [1.29, 1.82) is 0 Å². The topological polar surface area (TPSA) is 75.3 Å².